The second kappa shape index (κ2) is 7.78. The van der Waals surface area contributed by atoms with Gasteiger partial charge in [0.05, 0.1) is 0 Å². The van der Waals surface area contributed by atoms with Crippen LogP contribution in [0.5, 0.6) is 0 Å². The van der Waals surface area contributed by atoms with Crippen LogP contribution in [0.4, 0.5) is 8.78 Å². The van der Waals surface area contributed by atoms with E-state index in [9.17, 15) is 8.78 Å². The monoisotopic (exact) mass is 276 g/mol. The largest absolute Gasteiger partial charge is 0.203 e. The summed E-state index contributed by atoms with van der Waals surface area (Å²) >= 11 is 0. The van der Waals surface area contributed by atoms with Crippen LogP contribution in [0.15, 0.2) is 36.4 Å². The molecule has 0 radical (unpaired) electrons. The molecule has 0 aliphatic heterocycles. The summed E-state index contributed by atoms with van der Waals surface area (Å²) < 4.78 is 27.3. The minimum absolute atomic E-state index is 0.321. The van der Waals surface area contributed by atoms with Crippen molar-refractivity contribution in [3.05, 3.63) is 59.2 Å². The molecule has 0 bridgehead atoms. The Morgan fingerprint density at radius 3 is 2.00 bits per heavy atom. The van der Waals surface area contributed by atoms with Gasteiger partial charge in [0, 0.05) is 5.56 Å². The lowest BCUT2D eigenvalue weighted by Gasteiger charge is -2.07. The summed E-state index contributed by atoms with van der Waals surface area (Å²) in [7, 11) is 0. The van der Waals surface area contributed by atoms with E-state index in [0.717, 1.165) is 12.8 Å². The molecule has 0 aliphatic rings. The number of aryl methyl sites for hydroxylation is 2. The zero-order chi connectivity index (χ0) is 15.1. The van der Waals surface area contributed by atoms with Gasteiger partial charge >= 0.3 is 0 Å². The molecule has 0 saturated heterocycles. The van der Waals surface area contributed by atoms with Crippen molar-refractivity contribution in [1.29, 1.82) is 0 Å². The second-order valence-corrected chi connectivity index (χ2v) is 4.50. The van der Waals surface area contributed by atoms with Gasteiger partial charge in [-0.25, -0.2) is 8.78 Å². The quantitative estimate of drug-likeness (QED) is 0.653. The average molecular weight is 276 g/mol. The Balaban J connectivity index is 0.000000956. The number of benzene rings is 2. The first kappa shape index (κ1) is 16.4. The van der Waals surface area contributed by atoms with E-state index in [1.54, 1.807) is 19.1 Å². The van der Waals surface area contributed by atoms with Gasteiger partial charge in [0.1, 0.15) is 0 Å². The van der Waals surface area contributed by atoms with E-state index < -0.39 is 11.6 Å². The van der Waals surface area contributed by atoms with E-state index in [-0.39, 0.29) is 0 Å². The molecule has 108 valence electrons. The average Bonchev–Trinajstić information content (AvgIpc) is 2.49. The molecule has 2 rings (SSSR count). The summed E-state index contributed by atoms with van der Waals surface area (Å²) in [5, 5.41) is 0. The van der Waals surface area contributed by atoms with Gasteiger partial charge in [-0.2, -0.15) is 0 Å². The van der Waals surface area contributed by atoms with Crippen LogP contribution in [-0.4, -0.2) is 0 Å². The van der Waals surface area contributed by atoms with Gasteiger partial charge in [-0.15, -0.1) is 0 Å². The van der Waals surface area contributed by atoms with Gasteiger partial charge < -0.3 is 0 Å². The van der Waals surface area contributed by atoms with Gasteiger partial charge in [-0.05, 0) is 30.0 Å². The highest BCUT2D eigenvalue weighted by atomic mass is 19.2. The van der Waals surface area contributed by atoms with E-state index in [1.165, 1.54) is 5.56 Å². The van der Waals surface area contributed by atoms with E-state index in [0.29, 0.717) is 16.7 Å². The van der Waals surface area contributed by atoms with E-state index >= 15 is 0 Å². The number of hydrogen-bond donors (Lipinski definition) is 0. The minimum Gasteiger partial charge on any atom is -0.203 e. The molecule has 0 amide bonds. The lowest BCUT2D eigenvalue weighted by Crippen LogP contribution is -1.93. The third-order valence-electron chi connectivity index (χ3n) is 3.08. The molecule has 0 unspecified atom stereocenters. The Morgan fingerprint density at radius 2 is 1.45 bits per heavy atom. The van der Waals surface area contributed by atoms with Gasteiger partial charge in [0.15, 0.2) is 11.6 Å². The molecular formula is C18H22F2. The first-order chi connectivity index (χ1) is 9.63. The smallest absolute Gasteiger partial charge is 0.166 e. The molecule has 0 spiro atoms. The first-order valence-corrected chi connectivity index (χ1v) is 7.17. The Morgan fingerprint density at radius 1 is 0.850 bits per heavy atom. The fourth-order valence-electron chi connectivity index (χ4n) is 2.01. The van der Waals surface area contributed by atoms with Crippen LogP contribution in [0.1, 0.15) is 38.3 Å². The molecule has 2 aromatic rings. The zero-order valence-corrected chi connectivity index (χ0v) is 12.6. The highest BCUT2D eigenvalue weighted by Crippen LogP contribution is 2.26. The highest BCUT2D eigenvalue weighted by Gasteiger charge is 2.12. The molecule has 20 heavy (non-hydrogen) atoms. The van der Waals surface area contributed by atoms with Crippen molar-refractivity contribution in [1.82, 2.24) is 0 Å². The second-order valence-electron chi connectivity index (χ2n) is 4.50. The van der Waals surface area contributed by atoms with Crippen molar-refractivity contribution in [2.75, 3.05) is 0 Å². The summed E-state index contributed by atoms with van der Waals surface area (Å²) in [6, 6.07) is 10.9. The summed E-state index contributed by atoms with van der Waals surface area (Å²) in [6.07, 6.45) is 2.08. The topological polar surface area (TPSA) is 0 Å². The standard InChI is InChI=1S/C16H16F2.C2H6/c1-3-4-12-6-8-13(9-7-12)14-10-5-11(2)15(17)16(14)18;1-2/h5-10H,3-4H2,1-2H3;1-2H3. The highest BCUT2D eigenvalue weighted by molar-refractivity contribution is 5.65. The number of rotatable bonds is 3. The Bertz CT molecular complexity index is 542. The number of hydrogen-bond acceptors (Lipinski definition) is 0. The SMILES string of the molecule is CC.CCCc1ccc(-c2ccc(C)c(F)c2F)cc1. The van der Waals surface area contributed by atoms with Gasteiger partial charge in [0.25, 0.3) is 0 Å². The maximum atomic E-state index is 13.8. The fraction of sp³-hybridized carbons (Fsp3) is 0.333. The molecule has 0 fully saturated rings. The molecule has 0 aromatic heterocycles. The van der Waals surface area contributed by atoms with Crippen LogP contribution in [0.3, 0.4) is 0 Å². The maximum absolute atomic E-state index is 13.8. The third kappa shape index (κ3) is 3.66. The summed E-state index contributed by atoms with van der Waals surface area (Å²) in [4.78, 5) is 0. The molecule has 0 N–H and O–H groups in total. The molecular weight excluding hydrogens is 254 g/mol. The predicted octanol–water partition coefficient (Wildman–Crippen LogP) is 5.92. The van der Waals surface area contributed by atoms with E-state index in [4.69, 9.17) is 0 Å². The molecule has 0 atom stereocenters. The minimum atomic E-state index is -0.766. The van der Waals surface area contributed by atoms with Gasteiger partial charge in [0.2, 0.25) is 0 Å². The van der Waals surface area contributed by atoms with Crippen molar-refractivity contribution in [2.24, 2.45) is 0 Å². The van der Waals surface area contributed by atoms with Crippen LogP contribution in [0, 0.1) is 18.6 Å². The number of halogens is 2. The van der Waals surface area contributed by atoms with Crippen molar-refractivity contribution < 1.29 is 8.78 Å². The maximum Gasteiger partial charge on any atom is 0.166 e. The predicted molar refractivity (Wildman–Crippen MR) is 81.9 cm³/mol. The molecule has 0 aliphatic carbocycles. The van der Waals surface area contributed by atoms with Crippen LogP contribution in [-0.2, 0) is 6.42 Å². The van der Waals surface area contributed by atoms with E-state index in [2.05, 4.69) is 6.92 Å². The molecule has 0 heterocycles. The van der Waals surface area contributed by atoms with Crippen molar-refractivity contribution in [2.45, 2.75) is 40.5 Å². The molecule has 2 heteroatoms. The third-order valence-corrected chi connectivity index (χ3v) is 3.08. The first-order valence-electron chi connectivity index (χ1n) is 7.17. The normalized spacial score (nSPS) is 9.90. The van der Waals surface area contributed by atoms with Crippen LogP contribution >= 0.6 is 0 Å². The summed E-state index contributed by atoms with van der Waals surface area (Å²) in [5.41, 5.74) is 2.58. The van der Waals surface area contributed by atoms with Gasteiger partial charge in [-0.1, -0.05) is 63.6 Å². The lowest BCUT2D eigenvalue weighted by atomic mass is 10.0. The Hall–Kier alpha value is -1.70. The van der Waals surface area contributed by atoms with Crippen molar-refractivity contribution in [3.8, 4) is 11.1 Å². The van der Waals surface area contributed by atoms with E-state index in [1.807, 2.05) is 38.1 Å². The fourth-order valence-corrected chi connectivity index (χ4v) is 2.01. The summed E-state index contributed by atoms with van der Waals surface area (Å²) in [5.74, 6) is -1.52. The molecule has 0 saturated carbocycles. The zero-order valence-electron chi connectivity index (χ0n) is 12.6. The Kier molecular flexibility index (Phi) is 6.37. The van der Waals surface area contributed by atoms with Gasteiger partial charge in [-0.3, -0.25) is 0 Å². The van der Waals surface area contributed by atoms with Crippen LogP contribution in [0.2, 0.25) is 0 Å². The Labute approximate surface area is 120 Å². The molecule has 2 aromatic carbocycles. The molecule has 0 nitrogen and oxygen atoms in total. The van der Waals surface area contributed by atoms with Crippen LogP contribution in [0.25, 0.3) is 11.1 Å². The van der Waals surface area contributed by atoms with Crippen molar-refractivity contribution in [3.63, 3.8) is 0 Å². The lowest BCUT2D eigenvalue weighted by molar-refractivity contribution is 0.505. The summed E-state index contributed by atoms with van der Waals surface area (Å²) in [6.45, 7) is 7.68. The van der Waals surface area contributed by atoms with Crippen LogP contribution < -0.4 is 0 Å². The van der Waals surface area contributed by atoms with Crippen molar-refractivity contribution >= 4 is 0 Å².